The molecule has 0 fully saturated rings. The molecule has 0 radical (unpaired) electrons. The first-order chi connectivity index (χ1) is 11.5. The number of hydrogen-bond acceptors (Lipinski definition) is 4. The van der Waals surface area contributed by atoms with Crippen molar-refractivity contribution >= 4 is 29.1 Å². The predicted octanol–water partition coefficient (Wildman–Crippen LogP) is 1.68. The third-order valence-corrected chi connectivity index (χ3v) is 3.02. The number of pyridine rings is 1. The second kappa shape index (κ2) is 8.42. The minimum Gasteiger partial charge on any atom is -0.352 e. The average Bonchev–Trinajstić information content (AvgIpc) is 2.55. The fraction of sp³-hybridized carbons (Fsp3) is 0.176. The zero-order chi connectivity index (χ0) is 17.4. The Bertz CT molecular complexity index is 714. The van der Waals surface area contributed by atoms with E-state index in [-0.39, 0.29) is 18.2 Å². The molecule has 0 spiro atoms. The van der Waals surface area contributed by atoms with Crippen molar-refractivity contribution in [3.8, 4) is 0 Å². The van der Waals surface area contributed by atoms with Crippen molar-refractivity contribution in [1.82, 2.24) is 10.3 Å². The summed E-state index contributed by atoms with van der Waals surface area (Å²) in [5.74, 6) is -0.950. The predicted molar refractivity (Wildman–Crippen MR) is 90.1 cm³/mol. The number of anilines is 2. The van der Waals surface area contributed by atoms with E-state index in [1.54, 1.807) is 42.7 Å². The Morgan fingerprint density at radius 3 is 2.21 bits per heavy atom. The minimum atomic E-state index is -0.411. The summed E-state index contributed by atoms with van der Waals surface area (Å²) in [5.41, 5.74) is 2.05. The highest BCUT2D eigenvalue weighted by atomic mass is 16.2. The first-order valence-corrected chi connectivity index (χ1v) is 7.36. The molecule has 0 aliphatic rings. The van der Waals surface area contributed by atoms with Crippen molar-refractivity contribution < 1.29 is 14.4 Å². The van der Waals surface area contributed by atoms with E-state index in [9.17, 15) is 14.4 Å². The number of carbonyl (C=O) groups excluding carboxylic acids is 3. The Hall–Kier alpha value is -3.22. The molecule has 2 aromatic rings. The van der Waals surface area contributed by atoms with Gasteiger partial charge in [0.05, 0.1) is 0 Å². The van der Waals surface area contributed by atoms with Crippen LogP contribution in [0, 0.1) is 0 Å². The van der Waals surface area contributed by atoms with E-state index in [0.717, 1.165) is 5.56 Å². The number of aromatic nitrogens is 1. The summed E-state index contributed by atoms with van der Waals surface area (Å²) in [7, 11) is 0. The molecule has 7 nitrogen and oxygen atoms in total. The van der Waals surface area contributed by atoms with Crippen molar-refractivity contribution in [3.05, 3.63) is 54.4 Å². The van der Waals surface area contributed by atoms with Crippen LogP contribution < -0.4 is 16.0 Å². The van der Waals surface area contributed by atoms with Crippen LogP contribution in [0.2, 0.25) is 0 Å². The summed E-state index contributed by atoms with van der Waals surface area (Å²) < 4.78 is 0. The van der Waals surface area contributed by atoms with Crippen LogP contribution in [-0.2, 0) is 20.9 Å². The standard InChI is InChI=1S/C17H18N4O3/c1-12(22)20-14-4-6-15(7-5-14)21-17(24)9-16(23)19-11-13-3-2-8-18-10-13/h2-8,10H,9,11H2,1H3,(H,19,23)(H,20,22)(H,21,24). The molecule has 0 saturated heterocycles. The Kier molecular flexibility index (Phi) is 6.01. The Morgan fingerprint density at radius 1 is 0.958 bits per heavy atom. The number of amides is 3. The van der Waals surface area contributed by atoms with Gasteiger partial charge in [0.1, 0.15) is 6.42 Å². The summed E-state index contributed by atoms with van der Waals surface area (Å²) >= 11 is 0. The fourth-order valence-electron chi connectivity index (χ4n) is 1.96. The number of hydrogen-bond donors (Lipinski definition) is 3. The van der Waals surface area contributed by atoms with Crippen LogP contribution in [0.25, 0.3) is 0 Å². The van der Waals surface area contributed by atoms with Crippen LogP contribution in [0.15, 0.2) is 48.8 Å². The molecule has 124 valence electrons. The number of carbonyl (C=O) groups is 3. The highest BCUT2D eigenvalue weighted by Crippen LogP contribution is 2.13. The molecule has 1 heterocycles. The lowest BCUT2D eigenvalue weighted by molar-refractivity contribution is -0.127. The minimum absolute atomic E-state index is 0.169. The topological polar surface area (TPSA) is 100 Å². The highest BCUT2D eigenvalue weighted by Gasteiger charge is 2.09. The molecule has 0 bridgehead atoms. The lowest BCUT2D eigenvalue weighted by atomic mass is 10.2. The number of benzene rings is 1. The summed E-state index contributed by atoms with van der Waals surface area (Å²) in [5, 5.41) is 7.91. The second-order valence-electron chi connectivity index (χ2n) is 5.12. The summed E-state index contributed by atoms with van der Waals surface area (Å²) in [6.45, 7) is 1.74. The summed E-state index contributed by atoms with van der Waals surface area (Å²) in [6.07, 6.45) is 3.03. The van der Waals surface area contributed by atoms with Gasteiger partial charge in [-0.05, 0) is 35.9 Å². The summed E-state index contributed by atoms with van der Waals surface area (Å²) in [6, 6.07) is 10.2. The maximum absolute atomic E-state index is 11.8. The van der Waals surface area contributed by atoms with Gasteiger partial charge in [-0.2, -0.15) is 0 Å². The van der Waals surface area contributed by atoms with Gasteiger partial charge in [-0.15, -0.1) is 0 Å². The fourth-order valence-corrected chi connectivity index (χ4v) is 1.96. The van der Waals surface area contributed by atoms with E-state index in [1.807, 2.05) is 6.07 Å². The zero-order valence-corrected chi connectivity index (χ0v) is 13.2. The van der Waals surface area contributed by atoms with E-state index in [0.29, 0.717) is 17.9 Å². The Balaban J connectivity index is 1.77. The molecular formula is C17H18N4O3. The van der Waals surface area contributed by atoms with E-state index < -0.39 is 5.91 Å². The Morgan fingerprint density at radius 2 is 1.62 bits per heavy atom. The molecule has 0 aliphatic carbocycles. The third kappa shape index (κ3) is 5.88. The molecule has 1 aromatic carbocycles. The highest BCUT2D eigenvalue weighted by molar-refractivity contribution is 6.03. The molecule has 0 saturated carbocycles. The monoisotopic (exact) mass is 326 g/mol. The van der Waals surface area contributed by atoms with E-state index >= 15 is 0 Å². The Labute approximate surface area is 139 Å². The van der Waals surface area contributed by atoms with Crippen LogP contribution >= 0.6 is 0 Å². The van der Waals surface area contributed by atoms with Gasteiger partial charge >= 0.3 is 0 Å². The van der Waals surface area contributed by atoms with Crippen LogP contribution in [0.5, 0.6) is 0 Å². The molecule has 3 N–H and O–H groups in total. The van der Waals surface area contributed by atoms with Gasteiger partial charge in [0.15, 0.2) is 0 Å². The van der Waals surface area contributed by atoms with Crippen LogP contribution in [-0.4, -0.2) is 22.7 Å². The van der Waals surface area contributed by atoms with Crippen LogP contribution in [0.1, 0.15) is 18.9 Å². The van der Waals surface area contributed by atoms with E-state index in [2.05, 4.69) is 20.9 Å². The van der Waals surface area contributed by atoms with Crippen molar-refractivity contribution in [2.75, 3.05) is 10.6 Å². The maximum atomic E-state index is 11.8. The summed E-state index contributed by atoms with van der Waals surface area (Å²) in [4.78, 5) is 38.5. The quantitative estimate of drug-likeness (QED) is 0.703. The SMILES string of the molecule is CC(=O)Nc1ccc(NC(=O)CC(=O)NCc2cccnc2)cc1. The molecule has 24 heavy (non-hydrogen) atoms. The van der Waals surface area contributed by atoms with Gasteiger partial charge < -0.3 is 16.0 Å². The zero-order valence-electron chi connectivity index (χ0n) is 13.2. The molecular weight excluding hydrogens is 308 g/mol. The molecule has 0 aliphatic heterocycles. The molecule has 7 heteroatoms. The molecule has 2 rings (SSSR count). The lowest BCUT2D eigenvalue weighted by Gasteiger charge is -2.08. The average molecular weight is 326 g/mol. The van der Waals surface area contributed by atoms with Crippen molar-refractivity contribution in [2.45, 2.75) is 19.9 Å². The van der Waals surface area contributed by atoms with Gasteiger partial charge in [0.25, 0.3) is 0 Å². The van der Waals surface area contributed by atoms with Gasteiger partial charge in [-0.3, -0.25) is 19.4 Å². The van der Waals surface area contributed by atoms with Gasteiger partial charge in [0.2, 0.25) is 17.7 Å². The molecule has 1 aromatic heterocycles. The number of nitrogens with zero attached hydrogens (tertiary/aromatic N) is 1. The van der Waals surface area contributed by atoms with Crippen molar-refractivity contribution in [3.63, 3.8) is 0 Å². The van der Waals surface area contributed by atoms with E-state index in [4.69, 9.17) is 0 Å². The van der Waals surface area contributed by atoms with Crippen molar-refractivity contribution in [2.24, 2.45) is 0 Å². The first kappa shape index (κ1) is 17.1. The lowest BCUT2D eigenvalue weighted by Crippen LogP contribution is -2.27. The molecule has 0 atom stereocenters. The van der Waals surface area contributed by atoms with Gasteiger partial charge in [-0.25, -0.2) is 0 Å². The van der Waals surface area contributed by atoms with E-state index in [1.165, 1.54) is 6.92 Å². The molecule has 0 unspecified atom stereocenters. The van der Waals surface area contributed by atoms with Crippen molar-refractivity contribution in [1.29, 1.82) is 0 Å². The first-order valence-electron chi connectivity index (χ1n) is 7.36. The van der Waals surface area contributed by atoms with Crippen LogP contribution in [0.3, 0.4) is 0 Å². The third-order valence-electron chi connectivity index (χ3n) is 3.02. The maximum Gasteiger partial charge on any atom is 0.233 e. The second-order valence-corrected chi connectivity index (χ2v) is 5.12. The smallest absolute Gasteiger partial charge is 0.233 e. The molecule has 3 amide bonds. The normalized spacial score (nSPS) is 9.88. The van der Waals surface area contributed by atoms with Gasteiger partial charge in [0, 0.05) is 37.2 Å². The largest absolute Gasteiger partial charge is 0.352 e. The number of rotatable bonds is 6. The van der Waals surface area contributed by atoms with Crippen LogP contribution in [0.4, 0.5) is 11.4 Å². The van der Waals surface area contributed by atoms with Gasteiger partial charge in [-0.1, -0.05) is 6.07 Å². The number of nitrogens with one attached hydrogen (secondary N) is 3.